The lowest BCUT2D eigenvalue weighted by Crippen LogP contribution is -2.62. The summed E-state index contributed by atoms with van der Waals surface area (Å²) in [6.07, 6.45) is -2.83. The van der Waals surface area contributed by atoms with Gasteiger partial charge in [0, 0.05) is 17.4 Å². The molecule has 31 heavy (non-hydrogen) atoms. The maximum atomic E-state index is 15.5. The van der Waals surface area contributed by atoms with Crippen LogP contribution in [-0.2, 0) is 16.5 Å². The van der Waals surface area contributed by atoms with Gasteiger partial charge in [-0.15, -0.1) is 0 Å². The van der Waals surface area contributed by atoms with Gasteiger partial charge in [0.25, 0.3) is 0 Å². The number of halogens is 6. The Balaban J connectivity index is 2.05. The monoisotopic (exact) mass is 463 g/mol. The van der Waals surface area contributed by atoms with Crippen LogP contribution in [0.2, 0.25) is 0 Å². The molecule has 0 bridgehead atoms. The average molecular weight is 463 g/mol. The molecule has 2 aromatic rings. The van der Waals surface area contributed by atoms with E-state index in [9.17, 15) is 17.6 Å². The quantitative estimate of drug-likeness (QED) is 0.461. The Morgan fingerprint density at radius 3 is 2.42 bits per heavy atom. The fourth-order valence-electron chi connectivity index (χ4n) is 3.38. The first-order valence-corrected chi connectivity index (χ1v) is 9.50. The van der Waals surface area contributed by atoms with E-state index in [1.807, 2.05) is 0 Å². The fourth-order valence-corrected chi connectivity index (χ4v) is 3.65. The normalized spacial score (nSPS) is 23.1. The van der Waals surface area contributed by atoms with E-state index in [0.717, 1.165) is 31.3 Å². The van der Waals surface area contributed by atoms with Crippen molar-refractivity contribution < 1.29 is 31.1 Å². The molecule has 168 valence electrons. The van der Waals surface area contributed by atoms with Crippen molar-refractivity contribution in [1.82, 2.24) is 10.3 Å². The summed E-state index contributed by atoms with van der Waals surface area (Å²) in [5.74, 6) is -4.57. The molecule has 11 heteroatoms. The van der Waals surface area contributed by atoms with Crippen molar-refractivity contribution in [2.24, 2.45) is 0 Å². The molecular weight excluding hydrogens is 444 g/mol. The Morgan fingerprint density at radius 2 is 1.77 bits per heavy atom. The van der Waals surface area contributed by atoms with Crippen molar-refractivity contribution >= 4 is 28.6 Å². The molecule has 4 nitrogen and oxygen atoms in total. The smallest absolute Gasteiger partial charge is 0.363 e. The predicted octanol–water partition coefficient (Wildman–Crippen LogP) is 5.56. The third-order valence-corrected chi connectivity index (χ3v) is 5.42. The molecule has 1 fully saturated rings. The second-order valence-electron chi connectivity index (χ2n) is 7.83. The summed E-state index contributed by atoms with van der Waals surface area (Å²) in [5.41, 5.74) is -5.66. The van der Waals surface area contributed by atoms with E-state index in [4.69, 9.17) is 17.0 Å². The van der Waals surface area contributed by atoms with Crippen LogP contribution < -0.4 is 10.6 Å². The first-order chi connectivity index (χ1) is 14.2. The van der Waals surface area contributed by atoms with Gasteiger partial charge in [-0.3, -0.25) is 4.98 Å². The van der Waals surface area contributed by atoms with E-state index in [1.165, 1.54) is 19.9 Å². The third-order valence-electron chi connectivity index (χ3n) is 5.20. The molecule has 0 amide bonds. The number of thiocarbonyl (C=S) groups is 1. The number of rotatable bonds is 3. The van der Waals surface area contributed by atoms with Crippen LogP contribution in [0.1, 0.15) is 31.9 Å². The highest BCUT2D eigenvalue weighted by Gasteiger charge is 2.64. The molecule has 1 unspecified atom stereocenters. The number of benzene rings is 1. The summed E-state index contributed by atoms with van der Waals surface area (Å²) in [5, 5.41) is 5.16. The number of pyridine rings is 1. The maximum Gasteiger partial charge on any atom is 0.417 e. The lowest BCUT2D eigenvalue weighted by atomic mass is 9.77. The van der Waals surface area contributed by atoms with Crippen molar-refractivity contribution in [3.05, 3.63) is 53.6 Å². The predicted molar refractivity (Wildman–Crippen MR) is 107 cm³/mol. The zero-order chi connectivity index (χ0) is 23.2. The number of aromatic nitrogens is 1. The molecule has 1 aromatic heterocycles. The summed E-state index contributed by atoms with van der Waals surface area (Å²) in [4.78, 5) is 3.50. The van der Waals surface area contributed by atoms with Crippen molar-refractivity contribution in [3.8, 4) is 0 Å². The molecule has 3 rings (SSSR count). The van der Waals surface area contributed by atoms with Crippen molar-refractivity contribution in [1.29, 1.82) is 0 Å². The summed E-state index contributed by atoms with van der Waals surface area (Å²) in [6.45, 7) is 3.18. The number of hydrogen-bond acceptors (Lipinski definition) is 4. The Labute approximate surface area is 180 Å². The van der Waals surface area contributed by atoms with Gasteiger partial charge in [-0.1, -0.05) is 12.2 Å². The number of ether oxygens (including phenoxy) is 1. The summed E-state index contributed by atoms with van der Waals surface area (Å²) in [6, 6.07) is 4.07. The Morgan fingerprint density at radius 1 is 1.10 bits per heavy atom. The van der Waals surface area contributed by atoms with Gasteiger partial charge in [0.1, 0.15) is 21.9 Å². The van der Waals surface area contributed by atoms with Crippen LogP contribution in [0.5, 0.6) is 0 Å². The third kappa shape index (κ3) is 4.20. The Kier molecular flexibility index (Phi) is 5.72. The minimum atomic E-state index is -4.61. The van der Waals surface area contributed by atoms with Gasteiger partial charge in [-0.25, -0.2) is 13.2 Å². The van der Waals surface area contributed by atoms with Gasteiger partial charge < -0.3 is 15.4 Å². The van der Waals surface area contributed by atoms with E-state index < -0.39 is 40.2 Å². The summed E-state index contributed by atoms with van der Waals surface area (Å²) < 4.78 is 89.8. The van der Waals surface area contributed by atoms with E-state index in [0.29, 0.717) is 6.20 Å². The molecule has 1 atom stereocenters. The zero-order valence-corrected chi connectivity index (χ0v) is 17.5. The van der Waals surface area contributed by atoms with Crippen molar-refractivity contribution in [2.75, 3.05) is 11.9 Å². The molecule has 1 aromatic carbocycles. The van der Waals surface area contributed by atoms with E-state index in [2.05, 4.69) is 15.6 Å². The van der Waals surface area contributed by atoms with E-state index in [-0.39, 0.29) is 23.0 Å². The molecule has 1 aliphatic rings. The minimum absolute atomic E-state index is 0.0346. The molecule has 0 saturated carbocycles. The topological polar surface area (TPSA) is 46.2 Å². The highest BCUT2D eigenvalue weighted by atomic mass is 32.1. The minimum Gasteiger partial charge on any atom is -0.363 e. The second-order valence-corrected chi connectivity index (χ2v) is 8.32. The largest absolute Gasteiger partial charge is 0.417 e. The molecule has 0 radical (unpaired) electrons. The lowest BCUT2D eigenvalue weighted by Gasteiger charge is -2.44. The summed E-state index contributed by atoms with van der Waals surface area (Å²) >= 11 is 5.05. The first kappa shape index (κ1) is 23.3. The zero-order valence-electron chi connectivity index (χ0n) is 16.7. The lowest BCUT2D eigenvalue weighted by molar-refractivity contribution is -0.216. The van der Waals surface area contributed by atoms with Gasteiger partial charge in [-0.05, 0) is 45.0 Å². The van der Waals surface area contributed by atoms with Crippen LogP contribution >= 0.6 is 12.2 Å². The Bertz CT molecular complexity index is 1010. The number of hydrogen-bond donors (Lipinski definition) is 2. The van der Waals surface area contributed by atoms with Gasteiger partial charge in [0.15, 0.2) is 0 Å². The number of nitrogens with zero attached hydrogens (tertiary/aromatic N) is 1. The van der Waals surface area contributed by atoms with Crippen LogP contribution in [-0.4, -0.2) is 28.1 Å². The van der Waals surface area contributed by atoms with Crippen LogP contribution in [0.25, 0.3) is 0 Å². The van der Waals surface area contributed by atoms with Crippen LogP contribution in [0.4, 0.5) is 37.7 Å². The molecule has 0 aliphatic carbocycles. The van der Waals surface area contributed by atoms with E-state index >= 15 is 8.78 Å². The van der Waals surface area contributed by atoms with Gasteiger partial charge in [-0.2, -0.15) is 13.2 Å². The molecule has 0 spiro atoms. The second kappa shape index (κ2) is 7.63. The molecule has 2 heterocycles. The first-order valence-electron chi connectivity index (χ1n) is 9.09. The van der Waals surface area contributed by atoms with E-state index in [1.54, 1.807) is 0 Å². The van der Waals surface area contributed by atoms with Crippen molar-refractivity contribution in [3.63, 3.8) is 0 Å². The van der Waals surface area contributed by atoms with Crippen LogP contribution in [0.15, 0.2) is 36.7 Å². The fraction of sp³-hybridized carbons (Fsp3) is 0.400. The Hall–Kier alpha value is -2.40. The standard InChI is InChI=1S/C20H19F6N3OS/c1-17(2)20(25,26)18(3,29-16(31)10-30-17)14-7-12(4-5-15(14)21)28-13-6-11(8-27-9-13)19(22,23)24/h4-9,28H,10H2,1-3H3,(H,29,31). The molecule has 1 aliphatic heterocycles. The highest BCUT2D eigenvalue weighted by molar-refractivity contribution is 7.80. The number of alkyl halides is 5. The molecular formula is C20H19F6N3OS. The van der Waals surface area contributed by atoms with Gasteiger partial charge >= 0.3 is 12.1 Å². The van der Waals surface area contributed by atoms with Crippen LogP contribution in [0, 0.1) is 5.82 Å². The highest BCUT2D eigenvalue weighted by Crippen LogP contribution is 2.48. The summed E-state index contributed by atoms with van der Waals surface area (Å²) in [7, 11) is 0. The molecule has 2 N–H and O–H groups in total. The van der Waals surface area contributed by atoms with Crippen molar-refractivity contribution in [2.45, 2.75) is 44.0 Å². The van der Waals surface area contributed by atoms with Crippen LogP contribution in [0.3, 0.4) is 0 Å². The maximum absolute atomic E-state index is 15.5. The number of anilines is 2. The van der Waals surface area contributed by atoms with Gasteiger partial charge in [0.05, 0.1) is 24.1 Å². The van der Waals surface area contributed by atoms with Gasteiger partial charge in [0.2, 0.25) is 0 Å². The number of nitrogens with one attached hydrogen (secondary N) is 2. The molecule has 1 saturated heterocycles. The average Bonchev–Trinajstić information content (AvgIpc) is 2.72. The SMILES string of the molecule is CC1(C)OCC(=S)NC(C)(c2cc(Nc3cncc(C(F)(F)F)c3)ccc2F)C1(F)F.